The highest BCUT2D eigenvalue weighted by Gasteiger charge is 2.22. The molecular weight excluding hydrogens is 260 g/mol. The highest BCUT2D eigenvalue weighted by Crippen LogP contribution is 2.33. The molecule has 1 aromatic heterocycles. The number of nitrogens with one attached hydrogen (secondary N) is 2. The third-order valence-corrected chi connectivity index (χ3v) is 3.94. The second kappa shape index (κ2) is 6.63. The normalized spacial score (nSPS) is 15.1. The lowest BCUT2D eigenvalue weighted by molar-refractivity contribution is 0.546. The summed E-state index contributed by atoms with van der Waals surface area (Å²) >= 11 is 0. The van der Waals surface area contributed by atoms with Crippen LogP contribution in [0.3, 0.4) is 0 Å². The van der Waals surface area contributed by atoms with Gasteiger partial charge < -0.3 is 10.6 Å². The number of hydrogen-bond acceptors (Lipinski definition) is 4. The van der Waals surface area contributed by atoms with Gasteiger partial charge in [-0.2, -0.15) is 0 Å². The lowest BCUT2D eigenvalue weighted by Gasteiger charge is -2.21. The first-order valence-corrected chi connectivity index (χ1v) is 8.28. The Bertz CT molecular complexity index is 472. The van der Waals surface area contributed by atoms with Gasteiger partial charge in [0.25, 0.3) is 0 Å². The SMILES string of the molecule is CCNc1nc(C(C)(C)C)nc(NCCCC2CC2)c1C. The van der Waals surface area contributed by atoms with Crippen LogP contribution in [0.15, 0.2) is 0 Å². The molecular formula is C17H30N4. The fourth-order valence-corrected chi connectivity index (χ4v) is 2.37. The minimum atomic E-state index is -0.0394. The summed E-state index contributed by atoms with van der Waals surface area (Å²) in [7, 11) is 0. The van der Waals surface area contributed by atoms with Gasteiger partial charge in [0, 0.05) is 24.1 Å². The topological polar surface area (TPSA) is 49.8 Å². The molecule has 4 heteroatoms. The van der Waals surface area contributed by atoms with E-state index in [-0.39, 0.29) is 5.41 Å². The van der Waals surface area contributed by atoms with Crippen LogP contribution < -0.4 is 10.6 Å². The smallest absolute Gasteiger partial charge is 0.138 e. The van der Waals surface area contributed by atoms with Crippen LogP contribution in [0.2, 0.25) is 0 Å². The highest BCUT2D eigenvalue weighted by molar-refractivity contribution is 5.57. The Morgan fingerprint density at radius 1 is 1.10 bits per heavy atom. The van der Waals surface area contributed by atoms with E-state index in [4.69, 9.17) is 9.97 Å². The van der Waals surface area contributed by atoms with Crippen LogP contribution in [-0.4, -0.2) is 23.1 Å². The third kappa shape index (κ3) is 4.58. The van der Waals surface area contributed by atoms with Crippen molar-refractivity contribution in [2.45, 2.75) is 65.7 Å². The summed E-state index contributed by atoms with van der Waals surface area (Å²) in [5.74, 6) is 3.85. The number of anilines is 2. The maximum absolute atomic E-state index is 4.76. The van der Waals surface area contributed by atoms with E-state index in [1.54, 1.807) is 0 Å². The van der Waals surface area contributed by atoms with Crippen molar-refractivity contribution < 1.29 is 0 Å². The highest BCUT2D eigenvalue weighted by atomic mass is 15.1. The third-order valence-electron chi connectivity index (χ3n) is 3.94. The zero-order chi connectivity index (χ0) is 15.5. The van der Waals surface area contributed by atoms with E-state index in [1.807, 2.05) is 0 Å². The monoisotopic (exact) mass is 290 g/mol. The van der Waals surface area contributed by atoms with Gasteiger partial charge in [-0.25, -0.2) is 9.97 Å². The molecule has 2 N–H and O–H groups in total. The molecule has 1 heterocycles. The maximum Gasteiger partial charge on any atom is 0.138 e. The van der Waals surface area contributed by atoms with Crippen LogP contribution in [-0.2, 0) is 5.41 Å². The van der Waals surface area contributed by atoms with Crippen molar-refractivity contribution in [1.29, 1.82) is 0 Å². The molecule has 0 saturated heterocycles. The van der Waals surface area contributed by atoms with Gasteiger partial charge in [-0.1, -0.05) is 33.6 Å². The van der Waals surface area contributed by atoms with E-state index < -0.39 is 0 Å². The molecule has 1 aliphatic rings. The van der Waals surface area contributed by atoms with Crippen molar-refractivity contribution >= 4 is 11.6 Å². The fourth-order valence-electron chi connectivity index (χ4n) is 2.37. The van der Waals surface area contributed by atoms with Gasteiger partial charge in [0.2, 0.25) is 0 Å². The summed E-state index contributed by atoms with van der Waals surface area (Å²) < 4.78 is 0. The van der Waals surface area contributed by atoms with Crippen molar-refractivity contribution in [2.75, 3.05) is 23.7 Å². The van der Waals surface area contributed by atoms with Crippen LogP contribution in [0, 0.1) is 12.8 Å². The van der Waals surface area contributed by atoms with E-state index >= 15 is 0 Å². The molecule has 21 heavy (non-hydrogen) atoms. The van der Waals surface area contributed by atoms with Crippen molar-refractivity contribution in [1.82, 2.24) is 9.97 Å². The van der Waals surface area contributed by atoms with Crippen molar-refractivity contribution in [3.63, 3.8) is 0 Å². The molecule has 0 bridgehead atoms. The fraction of sp³-hybridized carbons (Fsp3) is 0.765. The van der Waals surface area contributed by atoms with Crippen LogP contribution >= 0.6 is 0 Å². The molecule has 0 atom stereocenters. The largest absolute Gasteiger partial charge is 0.370 e. The predicted molar refractivity (Wildman–Crippen MR) is 90.1 cm³/mol. The summed E-state index contributed by atoms with van der Waals surface area (Å²) in [6, 6.07) is 0. The molecule has 0 aliphatic heterocycles. The Morgan fingerprint density at radius 3 is 2.24 bits per heavy atom. The van der Waals surface area contributed by atoms with Gasteiger partial charge in [0.05, 0.1) is 0 Å². The number of nitrogens with zero attached hydrogens (tertiary/aromatic N) is 2. The Hall–Kier alpha value is -1.32. The first-order chi connectivity index (χ1) is 9.91. The Balaban J connectivity index is 2.10. The predicted octanol–water partition coefficient (Wildman–Crippen LogP) is 4.12. The summed E-state index contributed by atoms with van der Waals surface area (Å²) in [4.78, 5) is 9.45. The van der Waals surface area contributed by atoms with E-state index in [0.29, 0.717) is 0 Å². The zero-order valence-electron chi connectivity index (χ0n) is 14.2. The molecule has 4 nitrogen and oxygen atoms in total. The van der Waals surface area contributed by atoms with Gasteiger partial charge in [0.15, 0.2) is 0 Å². The van der Waals surface area contributed by atoms with Crippen LogP contribution in [0.4, 0.5) is 11.6 Å². The van der Waals surface area contributed by atoms with Gasteiger partial charge in [-0.05, 0) is 32.6 Å². The number of rotatable bonds is 7. The second-order valence-corrected chi connectivity index (χ2v) is 7.16. The van der Waals surface area contributed by atoms with Crippen molar-refractivity contribution in [3.8, 4) is 0 Å². The zero-order valence-corrected chi connectivity index (χ0v) is 14.2. The summed E-state index contributed by atoms with van der Waals surface area (Å²) in [5.41, 5.74) is 1.08. The van der Waals surface area contributed by atoms with Crippen molar-refractivity contribution in [2.24, 2.45) is 5.92 Å². The van der Waals surface area contributed by atoms with E-state index in [2.05, 4.69) is 45.3 Å². The number of aromatic nitrogens is 2. The minimum absolute atomic E-state index is 0.0394. The Kier molecular flexibility index (Phi) is 5.07. The first kappa shape index (κ1) is 16.1. The quantitative estimate of drug-likeness (QED) is 0.742. The second-order valence-electron chi connectivity index (χ2n) is 7.16. The van der Waals surface area contributed by atoms with Gasteiger partial charge in [-0.15, -0.1) is 0 Å². The van der Waals surface area contributed by atoms with Gasteiger partial charge in [0.1, 0.15) is 17.5 Å². The van der Waals surface area contributed by atoms with Gasteiger partial charge in [-0.3, -0.25) is 0 Å². The maximum atomic E-state index is 4.76. The lowest BCUT2D eigenvalue weighted by atomic mass is 9.95. The minimum Gasteiger partial charge on any atom is -0.370 e. The van der Waals surface area contributed by atoms with E-state index in [9.17, 15) is 0 Å². The molecule has 1 saturated carbocycles. The Morgan fingerprint density at radius 2 is 1.71 bits per heavy atom. The standard InChI is InChI=1S/C17H30N4/c1-6-18-14-12(2)15(19-11-7-8-13-9-10-13)21-16(20-14)17(3,4)5/h13H,6-11H2,1-5H3,(H2,18,19,20,21). The molecule has 0 radical (unpaired) electrons. The first-order valence-electron chi connectivity index (χ1n) is 8.28. The molecule has 2 rings (SSSR count). The van der Waals surface area contributed by atoms with Gasteiger partial charge >= 0.3 is 0 Å². The molecule has 1 fully saturated rings. The molecule has 0 spiro atoms. The molecule has 118 valence electrons. The van der Waals surface area contributed by atoms with Crippen molar-refractivity contribution in [3.05, 3.63) is 11.4 Å². The average molecular weight is 290 g/mol. The lowest BCUT2D eigenvalue weighted by Crippen LogP contribution is -2.20. The Labute approximate surface area is 129 Å². The van der Waals surface area contributed by atoms with Crippen LogP contribution in [0.1, 0.15) is 64.8 Å². The molecule has 0 aromatic carbocycles. The van der Waals surface area contributed by atoms with E-state index in [1.165, 1.54) is 25.7 Å². The number of hydrogen-bond donors (Lipinski definition) is 2. The molecule has 0 unspecified atom stereocenters. The summed E-state index contributed by atoms with van der Waals surface area (Å²) in [6.07, 6.45) is 5.45. The van der Waals surface area contributed by atoms with E-state index in [0.717, 1.165) is 42.0 Å². The van der Waals surface area contributed by atoms with Crippen LogP contribution in [0.5, 0.6) is 0 Å². The molecule has 1 aromatic rings. The molecule has 0 amide bonds. The summed E-state index contributed by atoms with van der Waals surface area (Å²) in [5, 5.41) is 6.87. The summed E-state index contributed by atoms with van der Waals surface area (Å²) in [6.45, 7) is 12.5. The molecule has 1 aliphatic carbocycles. The average Bonchev–Trinajstić information content (AvgIpc) is 3.21. The van der Waals surface area contributed by atoms with Crippen LogP contribution in [0.25, 0.3) is 0 Å².